The molecule has 13 heavy (non-hydrogen) atoms. The number of nitrogens with zero attached hydrogens (tertiary/aromatic N) is 1. The summed E-state index contributed by atoms with van der Waals surface area (Å²) in [6.45, 7) is 1.58. The predicted octanol–water partition coefficient (Wildman–Crippen LogP) is 1.29. The third-order valence-electron chi connectivity index (χ3n) is 1.79. The fraction of sp³-hybridized carbons (Fsp3) is 0.222. The Morgan fingerprint density at radius 2 is 2.38 bits per heavy atom. The lowest BCUT2D eigenvalue weighted by Crippen LogP contribution is -2.12. The molecule has 2 rings (SSSR count). The van der Waals surface area contributed by atoms with Gasteiger partial charge >= 0.3 is 0 Å². The lowest BCUT2D eigenvalue weighted by molar-refractivity contribution is 0.408. The minimum atomic E-state index is 0.738. The first-order valence-corrected chi connectivity index (χ1v) is 4.17. The summed E-state index contributed by atoms with van der Waals surface area (Å²) >= 11 is 0. The number of aromatic nitrogens is 2. The van der Waals surface area contributed by atoms with E-state index in [1.807, 2.05) is 24.5 Å². The van der Waals surface area contributed by atoms with Gasteiger partial charge in [0.05, 0.1) is 5.69 Å². The van der Waals surface area contributed by atoms with E-state index in [0.717, 1.165) is 18.8 Å². The van der Waals surface area contributed by atoms with E-state index in [1.54, 1.807) is 6.26 Å². The summed E-state index contributed by atoms with van der Waals surface area (Å²) in [5.74, 6) is 0. The molecule has 0 saturated carbocycles. The molecule has 4 heteroatoms. The first-order valence-electron chi connectivity index (χ1n) is 4.17. The average Bonchev–Trinajstić information content (AvgIpc) is 2.75. The molecule has 0 bridgehead atoms. The van der Waals surface area contributed by atoms with E-state index in [1.165, 1.54) is 5.56 Å². The van der Waals surface area contributed by atoms with Gasteiger partial charge in [-0.05, 0) is 11.6 Å². The van der Waals surface area contributed by atoms with Gasteiger partial charge in [0.1, 0.15) is 6.26 Å². The maximum absolute atomic E-state index is 4.71. The molecular weight excluding hydrogens is 166 g/mol. The number of aromatic amines is 1. The van der Waals surface area contributed by atoms with Crippen molar-refractivity contribution < 1.29 is 4.52 Å². The van der Waals surface area contributed by atoms with Crippen LogP contribution in [0.4, 0.5) is 0 Å². The van der Waals surface area contributed by atoms with Crippen LogP contribution in [0.15, 0.2) is 35.3 Å². The van der Waals surface area contributed by atoms with Crippen molar-refractivity contribution >= 4 is 0 Å². The highest BCUT2D eigenvalue weighted by molar-refractivity contribution is 5.07. The molecule has 0 aliphatic heterocycles. The summed E-state index contributed by atoms with van der Waals surface area (Å²) in [4.78, 5) is 3.00. The Kier molecular flexibility index (Phi) is 2.43. The number of hydrogen-bond acceptors (Lipinski definition) is 3. The van der Waals surface area contributed by atoms with Crippen LogP contribution in [0.1, 0.15) is 11.3 Å². The van der Waals surface area contributed by atoms with E-state index in [-0.39, 0.29) is 0 Å². The topological polar surface area (TPSA) is 53.9 Å². The zero-order valence-electron chi connectivity index (χ0n) is 7.16. The van der Waals surface area contributed by atoms with Crippen LogP contribution in [0, 0.1) is 0 Å². The summed E-state index contributed by atoms with van der Waals surface area (Å²) in [6.07, 6.45) is 5.45. The van der Waals surface area contributed by atoms with Crippen molar-refractivity contribution in [1.82, 2.24) is 15.5 Å². The van der Waals surface area contributed by atoms with Crippen LogP contribution in [0.25, 0.3) is 0 Å². The Hall–Kier alpha value is -1.55. The van der Waals surface area contributed by atoms with E-state index < -0.39 is 0 Å². The molecule has 0 spiro atoms. The molecule has 0 amide bonds. The molecule has 0 fully saturated rings. The Balaban J connectivity index is 1.76. The average molecular weight is 177 g/mol. The van der Waals surface area contributed by atoms with E-state index in [9.17, 15) is 0 Å². The standard InChI is InChI=1S/C9H11N3O/c1-3-10-5-8(1)6-11-7-9-2-4-13-12-9/h1-5,10-11H,6-7H2. The van der Waals surface area contributed by atoms with Crippen LogP contribution in [0.5, 0.6) is 0 Å². The summed E-state index contributed by atoms with van der Waals surface area (Å²) < 4.78 is 4.71. The van der Waals surface area contributed by atoms with Crippen LogP contribution in [0.2, 0.25) is 0 Å². The maximum atomic E-state index is 4.71. The first-order chi connectivity index (χ1) is 6.45. The highest BCUT2D eigenvalue weighted by Crippen LogP contribution is 1.97. The van der Waals surface area contributed by atoms with Crippen molar-refractivity contribution in [2.75, 3.05) is 0 Å². The fourth-order valence-corrected chi connectivity index (χ4v) is 1.13. The van der Waals surface area contributed by atoms with Crippen LogP contribution in [0.3, 0.4) is 0 Å². The molecule has 2 heterocycles. The van der Waals surface area contributed by atoms with E-state index in [0.29, 0.717) is 0 Å². The second-order valence-corrected chi connectivity index (χ2v) is 2.81. The molecule has 68 valence electrons. The maximum Gasteiger partial charge on any atom is 0.124 e. The van der Waals surface area contributed by atoms with Crippen molar-refractivity contribution in [3.63, 3.8) is 0 Å². The number of hydrogen-bond donors (Lipinski definition) is 2. The third kappa shape index (κ3) is 2.19. The monoisotopic (exact) mass is 177 g/mol. The second-order valence-electron chi connectivity index (χ2n) is 2.81. The van der Waals surface area contributed by atoms with Gasteiger partial charge in [0.25, 0.3) is 0 Å². The van der Waals surface area contributed by atoms with Gasteiger partial charge in [-0.25, -0.2) is 0 Å². The first kappa shape index (κ1) is 8.07. The predicted molar refractivity (Wildman–Crippen MR) is 47.8 cm³/mol. The number of nitrogens with one attached hydrogen (secondary N) is 2. The SMILES string of the molecule is c1cc(CNCc2ccon2)c[nH]1. The Morgan fingerprint density at radius 1 is 1.38 bits per heavy atom. The van der Waals surface area contributed by atoms with Gasteiger partial charge in [0, 0.05) is 31.5 Å². The van der Waals surface area contributed by atoms with Gasteiger partial charge in [-0.15, -0.1) is 0 Å². The van der Waals surface area contributed by atoms with Gasteiger partial charge in [0.2, 0.25) is 0 Å². The van der Waals surface area contributed by atoms with Crippen molar-refractivity contribution in [3.8, 4) is 0 Å². The number of H-pyrrole nitrogens is 1. The summed E-state index contributed by atoms with van der Waals surface area (Å²) in [7, 11) is 0. The van der Waals surface area contributed by atoms with Gasteiger partial charge in [-0.3, -0.25) is 0 Å². The second kappa shape index (κ2) is 3.91. The zero-order valence-corrected chi connectivity index (χ0v) is 7.16. The molecule has 0 aliphatic carbocycles. The summed E-state index contributed by atoms with van der Waals surface area (Å²) in [5, 5.41) is 7.04. The van der Waals surface area contributed by atoms with Crippen LogP contribution in [-0.4, -0.2) is 10.1 Å². The Bertz CT molecular complexity index is 291. The molecular formula is C9H11N3O. The lowest BCUT2D eigenvalue weighted by Gasteiger charge is -1.98. The number of rotatable bonds is 4. The molecule has 2 aromatic heterocycles. The molecule has 0 aliphatic rings. The normalized spacial score (nSPS) is 10.5. The summed E-state index contributed by atoms with van der Waals surface area (Å²) in [6, 6.07) is 3.89. The van der Waals surface area contributed by atoms with E-state index >= 15 is 0 Å². The third-order valence-corrected chi connectivity index (χ3v) is 1.79. The molecule has 0 saturated heterocycles. The minimum absolute atomic E-state index is 0.738. The quantitative estimate of drug-likeness (QED) is 0.740. The highest BCUT2D eigenvalue weighted by atomic mass is 16.5. The van der Waals surface area contributed by atoms with Crippen LogP contribution >= 0.6 is 0 Å². The summed E-state index contributed by atoms with van der Waals surface area (Å²) in [5.41, 5.74) is 2.17. The molecule has 0 aromatic carbocycles. The molecule has 2 aromatic rings. The van der Waals surface area contributed by atoms with Gasteiger partial charge in [-0.1, -0.05) is 5.16 Å². The molecule has 4 nitrogen and oxygen atoms in total. The Morgan fingerprint density at radius 3 is 3.08 bits per heavy atom. The van der Waals surface area contributed by atoms with Gasteiger partial charge in [0.15, 0.2) is 0 Å². The molecule has 0 radical (unpaired) electrons. The fourth-order valence-electron chi connectivity index (χ4n) is 1.13. The van der Waals surface area contributed by atoms with Crippen molar-refractivity contribution in [2.24, 2.45) is 0 Å². The lowest BCUT2D eigenvalue weighted by atomic mass is 10.3. The van der Waals surface area contributed by atoms with Crippen LogP contribution in [-0.2, 0) is 13.1 Å². The highest BCUT2D eigenvalue weighted by Gasteiger charge is 1.95. The molecule has 0 unspecified atom stereocenters. The molecule has 0 atom stereocenters. The minimum Gasteiger partial charge on any atom is -0.367 e. The Labute approximate surface area is 75.9 Å². The van der Waals surface area contributed by atoms with Crippen molar-refractivity contribution in [1.29, 1.82) is 0 Å². The largest absolute Gasteiger partial charge is 0.367 e. The molecule has 2 N–H and O–H groups in total. The van der Waals surface area contributed by atoms with Crippen molar-refractivity contribution in [3.05, 3.63) is 42.0 Å². The van der Waals surface area contributed by atoms with Gasteiger partial charge < -0.3 is 14.8 Å². The van der Waals surface area contributed by atoms with Gasteiger partial charge in [-0.2, -0.15) is 0 Å². The van der Waals surface area contributed by atoms with E-state index in [2.05, 4.69) is 15.5 Å². The van der Waals surface area contributed by atoms with Crippen molar-refractivity contribution in [2.45, 2.75) is 13.1 Å². The zero-order chi connectivity index (χ0) is 8.93. The smallest absolute Gasteiger partial charge is 0.124 e. The van der Waals surface area contributed by atoms with E-state index in [4.69, 9.17) is 4.52 Å². The van der Waals surface area contributed by atoms with Crippen LogP contribution < -0.4 is 5.32 Å².